The van der Waals surface area contributed by atoms with Crippen molar-refractivity contribution in [1.82, 2.24) is 24.5 Å². The van der Waals surface area contributed by atoms with Crippen molar-refractivity contribution in [3.05, 3.63) is 71.4 Å². The van der Waals surface area contributed by atoms with Gasteiger partial charge >= 0.3 is 5.97 Å². The molecule has 0 amide bonds. The molecule has 2 saturated heterocycles. The van der Waals surface area contributed by atoms with Crippen LogP contribution in [0.3, 0.4) is 0 Å². The summed E-state index contributed by atoms with van der Waals surface area (Å²) in [7, 11) is 0. The lowest BCUT2D eigenvalue weighted by atomic mass is 9.93. The quantitative estimate of drug-likeness (QED) is 0.335. The van der Waals surface area contributed by atoms with Crippen LogP contribution in [0, 0.1) is 17.2 Å². The average molecular weight is 540 g/mol. The molecule has 2 fully saturated rings. The van der Waals surface area contributed by atoms with Crippen molar-refractivity contribution in [2.75, 3.05) is 24.6 Å². The second kappa shape index (κ2) is 11.3. The Kier molecular flexibility index (Phi) is 7.25. The Morgan fingerprint density at radius 3 is 2.65 bits per heavy atom. The lowest BCUT2D eigenvalue weighted by Gasteiger charge is -2.33. The minimum atomic E-state index is -1.04. The van der Waals surface area contributed by atoms with Gasteiger partial charge in [0.1, 0.15) is 29.8 Å². The highest BCUT2D eigenvalue weighted by Crippen LogP contribution is 2.28. The molecule has 4 aromatic heterocycles. The van der Waals surface area contributed by atoms with Gasteiger partial charge in [0.2, 0.25) is 5.88 Å². The minimum absolute atomic E-state index is 0.0231. The summed E-state index contributed by atoms with van der Waals surface area (Å²) in [5, 5.41) is 18.4. The van der Waals surface area contributed by atoms with Gasteiger partial charge in [0.25, 0.3) is 0 Å². The molecule has 0 spiro atoms. The van der Waals surface area contributed by atoms with Crippen LogP contribution in [0.5, 0.6) is 5.88 Å². The highest BCUT2D eigenvalue weighted by atomic mass is 16.5. The van der Waals surface area contributed by atoms with E-state index >= 15 is 0 Å². The van der Waals surface area contributed by atoms with Gasteiger partial charge in [-0.15, -0.1) is 0 Å². The van der Waals surface area contributed by atoms with Crippen molar-refractivity contribution in [3.8, 4) is 11.9 Å². The molecule has 204 valence electrons. The van der Waals surface area contributed by atoms with Crippen LogP contribution >= 0.6 is 0 Å². The monoisotopic (exact) mass is 539 g/mol. The standard InChI is InChI=1S/C29H29N7O4/c30-15-20-4-5-21(31-16-20)18-40-27-3-1-2-25(34-27)35-11-8-19(9-12-35)14-26-32-23-6-7-24(29(37)38)33-28(23)36(26)17-22-10-13-39-22/h1-7,16,19,22H,8-14,17-18H2,(H,37,38)/t22-/m0/s1. The predicted octanol–water partition coefficient (Wildman–Crippen LogP) is 3.62. The van der Waals surface area contributed by atoms with E-state index in [1.807, 2.05) is 18.2 Å². The molecule has 2 aliphatic heterocycles. The lowest BCUT2D eigenvalue weighted by Crippen LogP contribution is -2.35. The molecule has 6 rings (SSSR count). The van der Waals surface area contributed by atoms with E-state index in [2.05, 4.69) is 25.5 Å². The SMILES string of the molecule is N#Cc1ccc(COc2cccc(N3CCC(Cc4nc5ccc(C(=O)O)nc5n4C[C@@H]4CCO4)CC3)n2)nc1. The van der Waals surface area contributed by atoms with Crippen molar-refractivity contribution in [1.29, 1.82) is 5.26 Å². The van der Waals surface area contributed by atoms with Crippen LogP contribution in [0.1, 0.15) is 46.8 Å². The maximum Gasteiger partial charge on any atom is 0.354 e. The number of hydrogen-bond acceptors (Lipinski definition) is 9. The van der Waals surface area contributed by atoms with Gasteiger partial charge in [-0.1, -0.05) is 6.07 Å². The number of nitriles is 1. The van der Waals surface area contributed by atoms with E-state index in [9.17, 15) is 9.90 Å². The summed E-state index contributed by atoms with van der Waals surface area (Å²) in [4.78, 5) is 32.0. The van der Waals surface area contributed by atoms with E-state index in [4.69, 9.17) is 24.7 Å². The number of imidazole rings is 1. The van der Waals surface area contributed by atoms with E-state index in [0.29, 0.717) is 35.1 Å². The summed E-state index contributed by atoms with van der Waals surface area (Å²) in [6.45, 7) is 3.40. The Morgan fingerprint density at radius 1 is 1.10 bits per heavy atom. The number of nitrogens with zero attached hydrogens (tertiary/aromatic N) is 7. The van der Waals surface area contributed by atoms with E-state index in [1.165, 1.54) is 12.3 Å². The molecule has 0 saturated carbocycles. The summed E-state index contributed by atoms with van der Waals surface area (Å²) in [6, 6.07) is 14.6. The van der Waals surface area contributed by atoms with Gasteiger partial charge in [-0.3, -0.25) is 4.98 Å². The number of piperidine rings is 1. The van der Waals surface area contributed by atoms with Gasteiger partial charge in [0.15, 0.2) is 11.3 Å². The molecule has 0 unspecified atom stereocenters. The van der Waals surface area contributed by atoms with Crippen LogP contribution in [0.2, 0.25) is 0 Å². The van der Waals surface area contributed by atoms with Crippen LogP contribution in [0.15, 0.2) is 48.7 Å². The first-order valence-electron chi connectivity index (χ1n) is 13.5. The number of carboxylic acid groups (broad SMARTS) is 1. The zero-order chi connectivity index (χ0) is 27.5. The summed E-state index contributed by atoms with van der Waals surface area (Å²) in [5.41, 5.74) is 2.60. The number of aromatic nitrogens is 5. The van der Waals surface area contributed by atoms with E-state index in [1.54, 1.807) is 18.2 Å². The topological polar surface area (TPSA) is 139 Å². The smallest absolute Gasteiger partial charge is 0.354 e. The molecule has 4 aromatic rings. The summed E-state index contributed by atoms with van der Waals surface area (Å²) < 4.78 is 13.6. The Bertz CT molecular complexity index is 1550. The van der Waals surface area contributed by atoms with E-state index in [0.717, 1.165) is 62.7 Å². The van der Waals surface area contributed by atoms with Crippen LogP contribution in [-0.2, 0) is 24.3 Å². The van der Waals surface area contributed by atoms with Crippen LogP contribution < -0.4 is 9.64 Å². The Balaban J connectivity index is 1.10. The zero-order valence-corrected chi connectivity index (χ0v) is 21.9. The molecule has 2 aliphatic rings. The van der Waals surface area contributed by atoms with Crippen molar-refractivity contribution in [3.63, 3.8) is 0 Å². The number of fused-ring (bicyclic) bond motifs is 1. The number of carboxylic acids is 1. The normalized spacial score (nSPS) is 17.4. The molecule has 6 heterocycles. The molecule has 1 N–H and O–H groups in total. The number of aromatic carboxylic acids is 1. The molecular weight excluding hydrogens is 510 g/mol. The third-order valence-electron chi connectivity index (χ3n) is 7.51. The second-order valence-corrected chi connectivity index (χ2v) is 10.2. The minimum Gasteiger partial charge on any atom is -0.477 e. The van der Waals surface area contributed by atoms with E-state index in [-0.39, 0.29) is 18.4 Å². The van der Waals surface area contributed by atoms with Crippen molar-refractivity contribution >= 4 is 23.0 Å². The summed E-state index contributed by atoms with van der Waals surface area (Å²) >= 11 is 0. The molecule has 0 bridgehead atoms. The lowest BCUT2D eigenvalue weighted by molar-refractivity contribution is -0.0591. The summed E-state index contributed by atoms with van der Waals surface area (Å²) in [5.74, 6) is 1.74. The highest BCUT2D eigenvalue weighted by molar-refractivity contribution is 5.88. The first-order valence-corrected chi connectivity index (χ1v) is 13.5. The molecule has 0 aliphatic carbocycles. The van der Waals surface area contributed by atoms with Crippen LogP contribution in [0.25, 0.3) is 11.2 Å². The van der Waals surface area contributed by atoms with Gasteiger partial charge in [-0.2, -0.15) is 10.2 Å². The number of carbonyl (C=O) groups is 1. The molecule has 1 atom stereocenters. The molecular formula is C29H29N7O4. The predicted molar refractivity (Wildman–Crippen MR) is 145 cm³/mol. The first kappa shape index (κ1) is 25.7. The molecule has 0 radical (unpaired) electrons. The highest BCUT2D eigenvalue weighted by Gasteiger charge is 2.26. The molecule has 40 heavy (non-hydrogen) atoms. The maximum atomic E-state index is 11.5. The van der Waals surface area contributed by atoms with Crippen molar-refractivity contribution in [2.45, 2.75) is 44.9 Å². The van der Waals surface area contributed by atoms with Gasteiger partial charge < -0.3 is 24.0 Å². The van der Waals surface area contributed by atoms with Gasteiger partial charge in [-0.05, 0) is 55.5 Å². The fourth-order valence-corrected chi connectivity index (χ4v) is 5.16. The molecule has 0 aromatic carbocycles. The third-order valence-corrected chi connectivity index (χ3v) is 7.51. The largest absolute Gasteiger partial charge is 0.477 e. The first-order chi connectivity index (χ1) is 19.6. The Hall–Kier alpha value is -4.56. The van der Waals surface area contributed by atoms with Crippen LogP contribution in [-0.4, -0.2) is 61.4 Å². The number of hydrogen-bond donors (Lipinski definition) is 1. The number of pyridine rings is 3. The van der Waals surface area contributed by atoms with Crippen LogP contribution in [0.4, 0.5) is 5.82 Å². The summed E-state index contributed by atoms with van der Waals surface area (Å²) in [6.07, 6.45) is 5.40. The third kappa shape index (κ3) is 5.58. The van der Waals surface area contributed by atoms with Crippen molar-refractivity contribution < 1.29 is 19.4 Å². The molecule has 11 heteroatoms. The second-order valence-electron chi connectivity index (χ2n) is 10.2. The molecule has 11 nitrogen and oxygen atoms in total. The van der Waals surface area contributed by atoms with E-state index < -0.39 is 5.97 Å². The van der Waals surface area contributed by atoms with Gasteiger partial charge in [0.05, 0.1) is 23.9 Å². The van der Waals surface area contributed by atoms with Gasteiger partial charge in [0, 0.05) is 38.4 Å². The fourth-order valence-electron chi connectivity index (χ4n) is 5.16. The number of rotatable bonds is 9. The van der Waals surface area contributed by atoms with Gasteiger partial charge in [-0.25, -0.2) is 14.8 Å². The Morgan fingerprint density at radius 2 is 1.95 bits per heavy atom. The number of ether oxygens (including phenoxy) is 2. The maximum absolute atomic E-state index is 11.5. The van der Waals surface area contributed by atoms with Crippen molar-refractivity contribution in [2.24, 2.45) is 5.92 Å². The zero-order valence-electron chi connectivity index (χ0n) is 21.9. The number of anilines is 1. The fraction of sp³-hybridized carbons (Fsp3) is 0.379. The average Bonchev–Trinajstić information content (AvgIpc) is 3.30. The Labute approximate surface area is 231 Å².